The van der Waals surface area contributed by atoms with Crippen LogP contribution in [0.4, 0.5) is 0 Å². The predicted molar refractivity (Wildman–Crippen MR) is 78.7 cm³/mol. The van der Waals surface area contributed by atoms with E-state index in [1.165, 1.54) is 0 Å². The average molecular weight is 341 g/mol. The number of hydrogen-bond donors (Lipinski definition) is 1. The number of piperazine rings is 1. The van der Waals surface area contributed by atoms with Crippen LogP contribution in [-0.4, -0.2) is 59.0 Å². The Morgan fingerprint density at radius 2 is 1.90 bits per heavy atom. The fourth-order valence-electron chi connectivity index (χ4n) is 2.27. The van der Waals surface area contributed by atoms with Crippen molar-refractivity contribution in [2.75, 3.05) is 26.2 Å². The molecular formula is C14H17BrN2O3. The summed E-state index contributed by atoms with van der Waals surface area (Å²) in [5.41, 5.74) is 0.652. The second kappa shape index (κ2) is 6.37. The van der Waals surface area contributed by atoms with E-state index in [0.29, 0.717) is 31.7 Å². The zero-order valence-electron chi connectivity index (χ0n) is 11.3. The molecule has 2 rings (SSSR count). The lowest BCUT2D eigenvalue weighted by atomic mass is 10.1. The number of aliphatic carboxylic acids is 1. The zero-order chi connectivity index (χ0) is 14.7. The van der Waals surface area contributed by atoms with Crippen LogP contribution in [0.2, 0.25) is 0 Å². The molecular weight excluding hydrogens is 324 g/mol. The standard InChI is InChI=1S/C14H17BrN2O3/c1-10(14(19)20)16-5-7-17(8-6-16)13(18)11-3-2-4-12(15)9-11/h2-4,9-10H,5-8H2,1H3,(H,19,20). The van der Waals surface area contributed by atoms with Gasteiger partial charge in [-0.1, -0.05) is 22.0 Å². The SMILES string of the molecule is CC(C(=O)O)N1CCN(C(=O)c2cccc(Br)c2)CC1. The first kappa shape index (κ1) is 15.0. The lowest BCUT2D eigenvalue weighted by Crippen LogP contribution is -2.53. The number of hydrogen-bond acceptors (Lipinski definition) is 3. The van der Waals surface area contributed by atoms with Gasteiger partial charge in [0.15, 0.2) is 0 Å². The van der Waals surface area contributed by atoms with Crippen LogP contribution in [0.25, 0.3) is 0 Å². The molecule has 0 aliphatic carbocycles. The van der Waals surface area contributed by atoms with Gasteiger partial charge in [0.25, 0.3) is 5.91 Å². The number of benzene rings is 1. The molecule has 1 unspecified atom stereocenters. The molecule has 0 radical (unpaired) electrons. The van der Waals surface area contributed by atoms with Gasteiger partial charge in [-0.2, -0.15) is 0 Å². The molecule has 1 aromatic rings. The molecule has 0 aromatic heterocycles. The van der Waals surface area contributed by atoms with E-state index in [0.717, 1.165) is 4.47 Å². The molecule has 1 heterocycles. The van der Waals surface area contributed by atoms with Gasteiger partial charge in [-0.25, -0.2) is 0 Å². The van der Waals surface area contributed by atoms with Crippen molar-refractivity contribution in [2.24, 2.45) is 0 Å². The fourth-order valence-corrected chi connectivity index (χ4v) is 2.67. The summed E-state index contributed by atoms with van der Waals surface area (Å²) in [7, 11) is 0. The predicted octanol–water partition coefficient (Wildman–Crippen LogP) is 1.68. The van der Waals surface area contributed by atoms with Crippen molar-refractivity contribution in [3.8, 4) is 0 Å². The smallest absolute Gasteiger partial charge is 0.320 e. The van der Waals surface area contributed by atoms with E-state index in [9.17, 15) is 9.59 Å². The van der Waals surface area contributed by atoms with Crippen LogP contribution in [0.3, 0.4) is 0 Å². The molecule has 0 spiro atoms. The Morgan fingerprint density at radius 1 is 1.25 bits per heavy atom. The lowest BCUT2D eigenvalue weighted by molar-refractivity contribution is -0.143. The first-order valence-corrected chi connectivity index (χ1v) is 7.30. The molecule has 1 atom stereocenters. The van der Waals surface area contributed by atoms with E-state index >= 15 is 0 Å². The van der Waals surface area contributed by atoms with Crippen LogP contribution in [0.1, 0.15) is 17.3 Å². The largest absolute Gasteiger partial charge is 0.480 e. The Balaban J connectivity index is 1.97. The normalized spacial score (nSPS) is 17.8. The van der Waals surface area contributed by atoms with Gasteiger partial charge in [0, 0.05) is 36.2 Å². The van der Waals surface area contributed by atoms with E-state index in [-0.39, 0.29) is 5.91 Å². The van der Waals surface area contributed by atoms with Crippen LogP contribution >= 0.6 is 15.9 Å². The monoisotopic (exact) mass is 340 g/mol. The lowest BCUT2D eigenvalue weighted by Gasteiger charge is -2.36. The van der Waals surface area contributed by atoms with Gasteiger partial charge in [0.05, 0.1) is 0 Å². The molecule has 1 aromatic carbocycles. The highest BCUT2D eigenvalue weighted by Crippen LogP contribution is 2.15. The van der Waals surface area contributed by atoms with Crippen LogP contribution in [0, 0.1) is 0 Å². The van der Waals surface area contributed by atoms with Gasteiger partial charge in [-0.05, 0) is 25.1 Å². The van der Waals surface area contributed by atoms with Crippen molar-refractivity contribution < 1.29 is 14.7 Å². The summed E-state index contributed by atoms with van der Waals surface area (Å²) in [5, 5.41) is 8.99. The van der Waals surface area contributed by atoms with Crippen LogP contribution in [0.5, 0.6) is 0 Å². The van der Waals surface area contributed by atoms with Crippen molar-refractivity contribution >= 4 is 27.8 Å². The van der Waals surface area contributed by atoms with Crippen molar-refractivity contribution in [1.29, 1.82) is 0 Å². The van der Waals surface area contributed by atoms with Crippen molar-refractivity contribution in [3.05, 3.63) is 34.3 Å². The second-order valence-corrected chi connectivity index (χ2v) is 5.77. The van der Waals surface area contributed by atoms with Gasteiger partial charge < -0.3 is 10.0 Å². The van der Waals surface area contributed by atoms with E-state index in [1.54, 1.807) is 24.0 Å². The van der Waals surface area contributed by atoms with Crippen LogP contribution in [-0.2, 0) is 4.79 Å². The number of carboxylic acids is 1. The molecule has 1 fully saturated rings. The third-order valence-corrected chi connectivity index (χ3v) is 4.07. The highest BCUT2D eigenvalue weighted by atomic mass is 79.9. The molecule has 1 amide bonds. The summed E-state index contributed by atoms with van der Waals surface area (Å²) in [6, 6.07) is 6.80. The Bertz CT molecular complexity index is 513. The highest BCUT2D eigenvalue weighted by molar-refractivity contribution is 9.10. The maximum atomic E-state index is 12.3. The van der Waals surface area contributed by atoms with Crippen LogP contribution < -0.4 is 0 Å². The molecule has 0 saturated carbocycles. The topological polar surface area (TPSA) is 60.9 Å². The highest BCUT2D eigenvalue weighted by Gasteiger charge is 2.27. The van der Waals surface area contributed by atoms with E-state index < -0.39 is 12.0 Å². The molecule has 0 bridgehead atoms. The second-order valence-electron chi connectivity index (χ2n) is 4.85. The molecule has 6 heteroatoms. The first-order chi connectivity index (χ1) is 9.49. The molecule has 20 heavy (non-hydrogen) atoms. The van der Waals surface area contributed by atoms with E-state index in [2.05, 4.69) is 15.9 Å². The minimum atomic E-state index is -0.822. The zero-order valence-corrected chi connectivity index (χ0v) is 12.8. The third-order valence-electron chi connectivity index (χ3n) is 3.58. The number of nitrogens with zero attached hydrogens (tertiary/aromatic N) is 2. The minimum Gasteiger partial charge on any atom is -0.480 e. The minimum absolute atomic E-state index is 0.00562. The molecule has 1 aliphatic rings. The van der Waals surface area contributed by atoms with Gasteiger partial charge in [-0.15, -0.1) is 0 Å². The van der Waals surface area contributed by atoms with Gasteiger partial charge in [0.1, 0.15) is 6.04 Å². The van der Waals surface area contributed by atoms with E-state index in [1.807, 2.05) is 17.0 Å². The summed E-state index contributed by atoms with van der Waals surface area (Å²) >= 11 is 3.35. The van der Waals surface area contributed by atoms with Crippen molar-refractivity contribution in [2.45, 2.75) is 13.0 Å². The third kappa shape index (κ3) is 3.37. The first-order valence-electron chi connectivity index (χ1n) is 6.50. The summed E-state index contributed by atoms with van der Waals surface area (Å²) in [6.07, 6.45) is 0. The number of carbonyl (C=O) groups is 2. The van der Waals surface area contributed by atoms with Gasteiger partial charge in [0.2, 0.25) is 0 Å². The summed E-state index contributed by atoms with van der Waals surface area (Å²) in [6.45, 7) is 3.97. The Morgan fingerprint density at radius 3 is 2.45 bits per heavy atom. The van der Waals surface area contributed by atoms with Gasteiger partial charge in [-0.3, -0.25) is 14.5 Å². The molecule has 1 saturated heterocycles. The fraction of sp³-hybridized carbons (Fsp3) is 0.429. The Kier molecular flexibility index (Phi) is 4.77. The maximum Gasteiger partial charge on any atom is 0.320 e. The molecule has 108 valence electrons. The van der Waals surface area contributed by atoms with Gasteiger partial charge >= 0.3 is 5.97 Å². The Hall–Kier alpha value is -1.40. The number of carbonyl (C=O) groups excluding carboxylic acids is 1. The molecule has 1 N–H and O–H groups in total. The maximum absolute atomic E-state index is 12.3. The Labute approximate surface area is 126 Å². The quantitative estimate of drug-likeness (QED) is 0.909. The summed E-state index contributed by atoms with van der Waals surface area (Å²) < 4.78 is 0.876. The molecule has 5 nitrogen and oxygen atoms in total. The van der Waals surface area contributed by atoms with E-state index in [4.69, 9.17) is 5.11 Å². The van der Waals surface area contributed by atoms with Crippen molar-refractivity contribution in [3.63, 3.8) is 0 Å². The number of amides is 1. The van der Waals surface area contributed by atoms with Crippen molar-refractivity contribution in [1.82, 2.24) is 9.80 Å². The number of carboxylic acid groups (broad SMARTS) is 1. The average Bonchev–Trinajstić information content (AvgIpc) is 2.46. The summed E-state index contributed by atoms with van der Waals surface area (Å²) in [4.78, 5) is 26.9. The summed E-state index contributed by atoms with van der Waals surface area (Å²) in [5.74, 6) is -0.828. The number of rotatable bonds is 3. The number of halogens is 1. The molecule has 1 aliphatic heterocycles. The van der Waals surface area contributed by atoms with Crippen LogP contribution in [0.15, 0.2) is 28.7 Å².